The maximum atomic E-state index is 12.8. The minimum Gasteiger partial charge on any atom is -0.336 e. The minimum absolute atomic E-state index is 0.131. The number of benzene rings is 1. The van der Waals surface area contributed by atoms with E-state index in [1.54, 1.807) is 24.3 Å². The molecule has 1 saturated carbocycles. The van der Waals surface area contributed by atoms with Crippen molar-refractivity contribution in [1.29, 1.82) is 0 Å². The molecule has 1 fully saturated rings. The van der Waals surface area contributed by atoms with Crippen LogP contribution in [0.1, 0.15) is 30.1 Å². The van der Waals surface area contributed by atoms with Gasteiger partial charge in [0, 0.05) is 28.9 Å². The molecule has 5 nitrogen and oxygen atoms in total. The van der Waals surface area contributed by atoms with Crippen molar-refractivity contribution in [2.45, 2.75) is 31.5 Å². The average Bonchev–Trinajstić information content (AvgIpc) is 3.29. The van der Waals surface area contributed by atoms with E-state index in [2.05, 4.69) is 15.7 Å². The van der Waals surface area contributed by atoms with Gasteiger partial charge in [-0.3, -0.25) is 4.68 Å². The summed E-state index contributed by atoms with van der Waals surface area (Å²) in [6.45, 7) is 0.341. The van der Waals surface area contributed by atoms with Crippen molar-refractivity contribution in [3.05, 3.63) is 46.7 Å². The van der Waals surface area contributed by atoms with Gasteiger partial charge in [0.1, 0.15) is 0 Å². The standard InChI is InChI=1S/C16H16ClF3N4O/c17-11-3-5-12(6-4-11)22-15(25)21-7-8-24-13(10-1-2-10)9-14(23-24)16(18,19)20/h3-6,9-10H,1-2,7-8H2,(H2,21,22,25). The number of carbonyl (C=O) groups is 1. The van der Waals surface area contributed by atoms with E-state index in [1.165, 1.54) is 4.68 Å². The Bertz CT molecular complexity index is 754. The Kier molecular flexibility index (Phi) is 4.89. The van der Waals surface area contributed by atoms with Crippen LogP contribution in [0, 0.1) is 0 Å². The summed E-state index contributed by atoms with van der Waals surface area (Å²) in [6, 6.07) is 7.24. The van der Waals surface area contributed by atoms with Crippen LogP contribution < -0.4 is 10.6 Å². The zero-order valence-corrected chi connectivity index (χ0v) is 13.9. The number of urea groups is 1. The number of rotatable bonds is 5. The molecule has 1 heterocycles. The number of aromatic nitrogens is 2. The number of alkyl halides is 3. The number of hydrogen-bond donors (Lipinski definition) is 2. The van der Waals surface area contributed by atoms with Crippen LogP contribution in [0.4, 0.5) is 23.7 Å². The third kappa shape index (κ3) is 4.66. The highest BCUT2D eigenvalue weighted by Gasteiger charge is 2.37. The number of amides is 2. The maximum absolute atomic E-state index is 12.8. The zero-order chi connectivity index (χ0) is 18.0. The van der Waals surface area contributed by atoms with E-state index >= 15 is 0 Å². The monoisotopic (exact) mass is 372 g/mol. The molecule has 0 saturated heterocycles. The van der Waals surface area contributed by atoms with Gasteiger partial charge in [-0.15, -0.1) is 0 Å². The highest BCUT2D eigenvalue weighted by Crippen LogP contribution is 2.42. The van der Waals surface area contributed by atoms with Crippen LogP contribution in [0.25, 0.3) is 0 Å². The molecule has 2 aromatic rings. The molecule has 0 unspecified atom stereocenters. The summed E-state index contributed by atoms with van der Waals surface area (Å²) in [4.78, 5) is 11.8. The molecule has 1 aliphatic carbocycles. The van der Waals surface area contributed by atoms with Crippen molar-refractivity contribution in [1.82, 2.24) is 15.1 Å². The number of halogens is 4. The number of carbonyl (C=O) groups excluding carboxylic acids is 1. The SMILES string of the molecule is O=C(NCCn1nc(C(F)(F)F)cc1C1CC1)Nc1ccc(Cl)cc1. The summed E-state index contributed by atoms with van der Waals surface area (Å²) >= 11 is 5.76. The third-order valence-electron chi connectivity index (χ3n) is 3.81. The molecule has 0 atom stereocenters. The van der Waals surface area contributed by atoms with Crippen molar-refractivity contribution in [3.63, 3.8) is 0 Å². The first kappa shape index (κ1) is 17.6. The smallest absolute Gasteiger partial charge is 0.336 e. The van der Waals surface area contributed by atoms with Gasteiger partial charge in [-0.25, -0.2) is 4.79 Å². The molecule has 25 heavy (non-hydrogen) atoms. The molecular formula is C16H16ClF3N4O. The summed E-state index contributed by atoms with van der Waals surface area (Å²) in [6.07, 6.45) is -2.73. The lowest BCUT2D eigenvalue weighted by Crippen LogP contribution is -2.32. The van der Waals surface area contributed by atoms with E-state index < -0.39 is 17.9 Å². The lowest BCUT2D eigenvalue weighted by atomic mass is 10.2. The number of hydrogen-bond acceptors (Lipinski definition) is 2. The molecule has 0 radical (unpaired) electrons. The molecule has 3 rings (SSSR count). The van der Waals surface area contributed by atoms with Gasteiger partial charge in [0.2, 0.25) is 0 Å². The highest BCUT2D eigenvalue weighted by molar-refractivity contribution is 6.30. The fourth-order valence-electron chi connectivity index (χ4n) is 2.44. The van der Waals surface area contributed by atoms with Crippen molar-refractivity contribution < 1.29 is 18.0 Å². The Morgan fingerprint density at radius 2 is 1.96 bits per heavy atom. The lowest BCUT2D eigenvalue weighted by molar-refractivity contribution is -0.141. The van der Waals surface area contributed by atoms with Crippen molar-refractivity contribution in [2.75, 3.05) is 11.9 Å². The van der Waals surface area contributed by atoms with E-state index in [4.69, 9.17) is 11.6 Å². The largest absolute Gasteiger partial charge is 0.435 e. The second-order valence-electron chi connectivity index (χ2n) is 5.84. The fourth-order valence-corrected chi connectivity index (χ4v) is 2.57. The molecule has 1 aromatic carbocycles. The van der Waals surface area contributed by atoms with Crippen LogP contribution in [0.2, 0.25) is 5.02 Å². The van der Waals surface area contributed by atoms with Crippen LogP contribution in [0.3, 0.4) is 0 Å². The summed E-state index contributed by atoms with van der Waals surface area (Å²) in [7, 11) is 0. The second kappa shape index (κ2) is 6.95. The quantitative estimate of drug-likeness (QED) is 0.824. The predicted molar refractivity (Wildman–Crippen MR) is 87.7 cm³/mol. The van der Waals surface area contributed by atoms with E-state index in [1.807, 2.05) is 0 Å². The van der Waals surface area contributed by atoms with Gasteiger partial charge in [0.25, 0.3) is 0 Å². The van der Waals surface area contributed by atoms with Gasteiger partial charge in [-0.05, 0) is 43.2 Å². The second-order valence-corrected chi connectivity index (χ2v) is 6.27. The van der Waals surface area contributed by atoms with Gasteiger partial charge in [-0.1, -0.05) is 11.6 Å². The molecule has 2 amide bonds. The maximum Gasteiger partial charge on any atom is 0.435 e. The van der Waals surface area contributed by atoms with Crippen molar-refractivity contribution in [2.24, 2.45) is 0 Å². The average molecular weight is 373 g/mol. The molecule has 1 aromatic heterocycles. The van der Waals surface area contributed by atoms with Crippen LogP contribution in [-0.4, -0.2) is 22.4 Å². The minimum atomic E-state index is -4.46. The molecule has 0 spiro atoms. The fraction of sp³-hybridized carbons (Fsp3) is 0.375. The van der Waals surface area contributed by atoms with Gasteiger partial charge >= 0.3 is 12.2 Å². The number of nitrogens with zero attached hydrogens (tertiary/aromatic N) is 2. The number of nitrogens with one attached hydrogen (secondary N) is 2. The topological polar surface area (TPSA) is 59.0 Å². The number of anilines is 1. The summed E-state index contributed by atoms with van der Waals surface area (Å²) in [5, 5.41) is 9.41. The molecule has 134 valence electrons. The van der Waals surface area contributed by atoms with Crippen LogP contribution >= 0.6 is 11.6 Å². The van der Waals surface area contributed by atoms with E-state index in [0.29, 0.717) is 16.4 Å². The van der Waals surface area contributed by atoms with E-state index in [0.717, 1.165) is 18.9 Å². The first-order chi connectivity index (χ1) is 11.8. The summed E-state index contributed by atoms with van der Waals surface area (Å²) in [5.41, 5.74) is 0.256. The Balaban J connectivity index is 1.55. The molecule has 2 N–H and O–H groups in total. The van der Waals surface area contributed by atoms with Crippen LogP contribution in [0.15, 0.2) is 30.3 Å². The first-order valence-electron chi connectivity index (χ1n) is 7.78. The highest BCUT2D eigenvalue weighted by atomic mass is 35.5. The van der Waals surface area contributed by atoms with E-state index in [9.17, 15) is 18.0 Å². The predicted octanol–water partition coefficient (Wildman–Crippen LogP) is 4.25. The van der Waals surface area contributed by atoms with Crippen molar-refractivity contribution in [3.8, 4) is 0 Å². The van der Waals surface area contributed by atoms with Gasteiger partial charge in [0.15, 0.2) is 5.69 Å². The normalized spacial score (nSPS) is 14.4. The Morgan fingerprint density at radius 3 is 2.56 bits per heavy atom. The summed E-state index contributed by atoms with van der Waals surface area (Å²) < 4.78 is 39.8. The Hall–Kier alpha value is -2.22. The molecule has 1 aliphatic rings. The Morgan fingerprint density at radius 1 is 1.28 bits per heavy atom. The van der Waals surface area contributed by atoms with Gasteiger partial charge < -0.3 is 10.6 Å². The van der Waals surface area contributed by atoms with Crippen molar-refractivity contribution >= 4 is 23.3 Å². The molecular weight excluding hydrogens is 357 g/mol. The zero-order valence-electron chi connectivity index (χ0n) is 13.1. The summed E-state index contributed by atoms with van der Waals surface area (Å²) in [5.74, 6) is 0.131. The third-order valence-corrected chi connectivity index (χ3v) is 4.06. The van der Waals surface area contributed by atoms with Gasteiger partial charge in [-0.2, -0.15) is 18.3 Å². The molecule has 9 heteroatoms. The molecule has 0 bridgehead atoms. The van der Waals surface area contributed by atoms with Gasteiger partial charge in [0.05, 0.1) is 6.54 Å². The van der Waals surface area contributed by atoms with E-state index in [-0.39, 0.29) is 19.0 Å². The Labute approximate surface area is 147 Å². The molecule has 0 aliphatic heterocycles. The van der Waals surface area contributed by atoms with Crippen LogP contribution in [0.5, 0.6) is 0 Å². The van der Waals surface area contributed by atoms with Crippen LogP contribution in [-0.2, 0) is 12.7 Å². The first-order valence-corrected chi connectivity index (χ1v) is 8.16. The lowest BCUT2D eigenvalue weighted by Gasteiger charge is -2.09.